The first-order valence-electron chi connectivity index (χ1n) is 9.30. The molecule has 2 atom stereocenters. The lowest BCUT2D eigenvalue weighted by atomic mass is 9.78. The molecular formula is C22H17Br2N3O4S. The molecule has 0 fully saturated rings. The van der Waals surface area contributed by atoms with Gasteiger partial charge in [0.25, 0.3) is 0 Å². The van der Waals surface area contributed by atoms with Crippen LogP contribution in [-0.4, -0.2) is 30.6 Å². The van der Waals surface area contributed by atoms with Crippen LogP contribution in [0.4, 0.5) is 5.69 Å². The number of methoxy groups -OCH3 is 1. The molecule has 0 bridgehead atoms. The van der Waals surface area contributed by atoms with Gasteiger partial charge in [0.2, 0.25) is 11.8 Å². The molecule has 3 rings (SSSR count). The molecule has 0 unspecified atom stereocenters. The van der Waals surface area contributed by atoms with Crippen molar-refractivity contribution in [3.63, 3.8) is 0 Å². The second-order valence-electron chi connectivity index (χ2n) is 6.72. The zero-order valence-corrected chi connectivity index (χ0v) is 20.7. The minimum atomic E-state index is -1.22. The van der Waals surface area contributed by atoms with Crippen molar-refractivity contribution >= 4 is 67.1 Å². The maximum atomic E-state index is 12.8. The van der Waals surface area contributed by atoms with E-state index in [-0.39, 0.29) is 22.3 Å². The third-order valence-electron chi connectivity index (χ3n) is 4.67. The molecule has 10 heteroatoms. The minimum absolute atomic E-state index is 0.0368. The average Bonchev–Trinajstić information content (AvgIpc) is 2.78. The first kappa shape index (κ1) is 24.0. The molecule has 1 heterocycles. The van der Waals surface area contributed by atoms with Crippen LogP contribution in [0.3, 0.4) is 0 Å². The van der Waals surface area contributed by atoms with Crippen molar-refractivity contribution in [2.24, 2.45) is 5.92 Å². The molecule has 7 nitrogen and oxygen atoms in total. The molecule has 2 aromatic rings. The molecule has 0 saturated heterocycles. The van der Waals surface area contributed by atoms with Gasteiger partial charge in [0.05, 0.1) is 29.5 Å². The van der Waals surface area contributed by atoms with E-state index in [1.165, 1.54) is 7.11 Å². The zero-order valence-electron chi connectivity index (χ0n) is 16.7. The lowest BCUT2D eigenvalue weighted by molar-refractivity contribution is -0.150. The van der Waals surface area contributed by atoms with Crippen molar-refractivity contribution < 1.29 is 19.1 Å². The van der Waals surface area contributed by atoms with E-state index in [9.17, 15) is 19.6 Å². The number of amides is 2. The minimum Gasteiger partial charge on any atom is -0.468 e. The largest absolute Gasteiger partial charge is 0.468 e. The van der Waals surface area contributed by atoms with Gasteiger partial charge in [0, 0.05) is 20.6 Å². The van der Waals surface area contributed by atoms with Crippen LogP contribution in [0.15, 0.2) is 68.1 Å². The van der Waals surface area contributed by atoms with Crippen LogP contribution in [0.25, 0.3) is 0 Å². The lowest BCUT2D eigenvalue weighted by Gasteiger charge is -2.31. The number of benzene rings is 2. The average molecular weight is 579 g/mol. The highest BCUT2D eigenvalue weighted by Gasteiger charge is 2.44. The van der Waals surface area contributed by atoms with Gasteiger partial charge in [0.15, 0.2) is 0 Å². The summed E-state index contributed by atoms with van der Waals surface area (Å²) in [4.78, 5) is 37.6. The van der Waals surface area contributed by atoms with Crippen molar-refractivity contribution in [1.82, 2.24) is 5.32 Å². The van der Waals surface area contributed by atoms with Crippen molar-refractivity contribution in [3.05, 3.63) is 73.6 Å². The van der Waals surface area contributed by atoms with Crippen LogP contribution in [0.2, 0.25) is 0 Å². The van der Waals surface area contributed by atoms with E-state index < -0.39 is 23.7 Å². The van der Waals surface area contributed by atoms with Crippen molar-refractivity contribution in [2.45, 2.75) is 5.92 Å². The number of halogens is 2. The molecule has 0 aliphatic carbocycles. The number of nitriles is 1. The quantitative estimate of drug-likeness (QED) is 0.390. The second-order valence-corrected chi connectivity index (χ2v) is 9.54. The zero-order chi connectivity index (χ0) is 23.3. The van der Waals surface area contributed by atoms with Crippen LogP contribution in [0, 0.1) is 17.2 Å². The van der Waals surface area contributed by atoms with E-state index in [0.717, 1.165) is 20.7 Å². The van der Waals surface area contributed by atoms with Gasteiger partial charge in [-0.1, -0.05) is 55.8 Å². The number of allylic oxidation sites excluding steroid dienone is 1. The van der Waals surface area contributed by atoms with Crippen LogP contribution >= 0.6 is 43.6 Å². The first-order chi connectivity index (χ1) is 15.3. The van der Waals surface area contributed by atoms with Gasteiger partial charge in [-0.15, -0.1) is 0 Å². The Labute approximate surface area is 205 Å². The van der Waals surface area contributed by atoms with Crippen LogP contribution in [0.1, 0.15) is 11.5 Å². The molecule has 2 aromatic carbocycles. The van der Waals surface area contributed by atoms with Gasteiger partial charge in [-0.3, -0.25) is 14.4 Å². The van der Waals surface area contributed by atoms with E-state index >= 15 is 0 Å². The van der Waals surface area contributed by atoms with E-state index in [4.69, 9.17) is 4.74 Å². The fourth-order valence-electron chi connectivity index (χ4n) is 3.25. The monoisotopic (exact) mass is 577 g/mol. The van der Waals surface area contributed by atoms with E-state index in [1.54, 1.807) is 48.5 Å². The summed E-state index contributed by atoms with van der Waals surface area (Å²) in [6, 6.07) is 16.3. The van der Waals surface area contributed by atoms with Crippen molar-refractivity contribution in [1.29, 1.82) is 5.26 Å². The summed E-state index contributed by atoms with van der Waals surface area (Å²) in [7, 11) is 1.19. The maximum absolute atomic E-state index is 12.8. The Balaban J connectivity index is 1.88. The van der Waals surface area contributed by atoms with Crippen LogP contribution < -0.4 is 10.6 Å². The smallest absolute Gasteiger partial charge is 0.319 e. The topological polar surface area (TPSA) is 108 Å². The van der Waals surface area contributed by atoms with Gasteiger partial charge < -0.3 is 15.4 Å². The predicted octanol–water partition coefficient (Wildman–Crippen LogP) is 4.32. The first-order valence-corrected chi connectivity index (χ1v) is 11.9. The second kappa shape index (κ2) is 10.8. The third kappa shape index (κ3) is 5.59. The number of hydrogen-bond acceptors (Lipinski definition) is 6. The van der Waals surface area contributed by atoms with Crippen molar-refractivity contribution in [2.75, 3.05) is 18.2 Å². The molecule has 2 N–H and O–H groups in total. The molecule has 2 amide bonds. The Hall–Kier alpha value is -2.61. The Morgan fingerprint density at radius 1 is 1.19 bits per heavy atom. The number of esters is 1. The molecule has 0 radical (unpaired) electrons. The number of anilines is 1. The summed E-state index contributed by atoms with van der Waals surface area (Å²) in [5.74, 6) is -3.72. The van der Waals surface area contributed by atoms with E-state index in [0.29, 0.717) is 11.3 Å². The standard InChI is InChI=1S/C22H17Br2N3O4S/c1-31-22(30)19-18(12-3-2-4-14(24)9-12)16(10-25)21(27-20(19)29)32-11-17(28)26-15-7-5-13(23)6-8-15/h2-9,18-19H,11H2,1H3,(H,26,28)(H,27,29)/t18-,19+/m0/s1. The van der Waals surface area contributed by atoms with Gasteiger partial charge >= 0.3 is 5.97 Å². The van der Waals surface area contributed by atoms with Crippen LogP contribution in [-0.2, 0) is 19.1 Å². The summed E-state index contributed by atoms with van der Waals surface area (Å²) in [5.41, 5.74) is 1.43. The molecule has 1 aliphatic rings. The van der Waals surface area contributed by atoms with Gasteiger partial charge in [0.1, 0.15) is 5.92 Å². The number of thioether (sulfide) groups is 1. The van der Waals surface area contributed by atoms with Crippen LogP contribution in [0.5, 0.6) is 0 Å². The van der Waals surface area contributed by atoms with E-state index in [1.807, 2.05) is 0 Å². The van der Waals surface area contributed by atoms with E-state index in [2.05, 4.69) is 48.6 Å². The Morgan fingerprint density at radius 2 is 1.91 bits per heavy atom. The summed E-state index contributed by atoms with van der Waals surface area (Å²) in [5, 5.41) is 15.5. The predicted molar refractivity (Wildman–Crippen MR) is 128 cm³/mol. The number of carbonyl (C=O) groups excluding carboxylic acids is 3. The summed E-state index contributed by atoms with van der Waals surface area (Å²) in [6.07, 6.45) is 0. The summed E-state index contributed by atoms with van der Waals surface area (Å²) < 4.78 is 6.45. The Bertz CT molecular complexity index is 1130. The number of nitrogens with one attached hydrogen (secondary N) is 2. The van der Waals surface area contributed by atoms with Gasteiger partial charge in [-0.25, -0.2) is 0 Å². The molecule has 1 aliphatic heterocycles. The maximum Gasteiger partial charge on any atom is 0.319 e. The Kier molecular flexibility index (Phi) is 8.12. The number of ether oxygens (including phenoxy) is 1. The number of carbonyl (C=O) groups is 3. The highest BCUT2D eigenvalue weighted by Crippen LogP contribution is 2.40. The number of rotatable bonds is 6. The Morgan fingerprint density at radius 3 is 2.53 bits per heavy atom. The summed E-state index contributed by atoms with van der Waals surface area (Å²) >= 11 is 7.75. The van der Waals surface area contributed by atoms with Gasteiger partial charge in [-0.05, 0) is 42.0 Å². The molecular weight excluding hydrogens is 562 g/mol. The highest BCUT2D eigenvalue weighted by molar-refractivity contribution is 9.10. The van der Waals surface area contributed by atoms with Crippen molar-refractivity contribution in [3.8, 4) is 6.07 Å². The molecule has 0 spiro atoms. The number of nitrogens with zero attached hydrogens (tertiary/aromatic N) is 1. The molecule has 0 aromatic heterocycles. The fourth-order valence-corrected chi connectivity index (χ4v) is 4.78. The lowest BCUT2D eigenvalue weighted by Crippen LogP contribution is -2.44. The molecule has 164 valence electrons. The highest BCUT2D eigenvalue weighted by atomic mass is 79.9. The third-order valence-corrected chi connectivity index (χ3v) is 6.71. The normalized spacial score (nSPS) is 17.9. The fraction of sp³-hybridized carbons (Fsp3) is 0.182. The molecule has 0 saturated carbocycles. The number of hydrogen-bond donors (Lipinski definition) is 2. The van der Waals surface area contributed by atoms with Gasteiger partial charge in [-0.2, -0.15) is 5.26 Å². The SMILES string of the molecule is COC(=O)[C@H]1C(=O)NC(SCC(=O)Nc2ccc(Br)cc2)=C(C#N)[C@@H]1c1cccc(Br)c1. The molecule has 32 heavy (non-hydrogen) atoms. The summed E-state index contributed by atoms with van der Waals surface area (Å²) in [6.45, 7) is 0.